The topological polar surface area (TPSA) is 122 Å². The maximum absolute atomic E-state index is 16.0. The van der Waals surface area contributed by atoms with Gasteiger partial charge < -0.3 is 15.2 Å². The lowest BCUT2D eigenvalue weighted by Crippen LogP contribution is -2.58. The maximum atomic E-state index is 16.0. The van der Waals surface area contributed by atoms with Gasteiger partial charge >= 0.3 is 0 Å². The van der Waals surface area contributed by atoms with Crippen molar-refractivity contribution in [1.82, 2.24) is 39.9 Å². The number of hydrogen-bond acceptors (Lipinski definition) is 6. The number of alkyl halides is 2. The molecule has 1 aromatic carbocycles. The number of rotatable bonds is 6. The molecule has 4 aromatic rings. The molecule has 0 spiro atoms. The number of halogens is 3. The van der Waals surface area contributed by atoms with E-state index >= 15 is 4.39 Å². The van der Waals surface area contributed by atoms with Crippen molar-refractivity contribution in [3.05, 3.63) is 59.9 Å². The van der Waals surface area contributed by atoms with E-state index in [-0.39, 0.29) is 34.2 Å². The number of aryl methyl sites for hydroxylation is 1. The highest BCUT2D eigenvalue weighted by atomic mass is 19.3. The van der Waals surface area contributed by atoms with E-state index in [0.29, 0.717) is 23.0 Å². The summed E-state index contributed by atoms with van der Waals surface area (Å²) in [5, 5.41) is 7.18. The molecule has 4 heterocycles. The van der Waals surface area contributed by atoms with Crippen molar-refractivity contribution in [1.29, 1.82) is 0 Å². The Morgan fingerprint density at radius 3 is 2.56 bits per heavy atom. The molecule has 2 aliphatic rings. The summed E-state index contributed by atoms with van der Waals surface area (Å²) in [5.74, 6) is -3.59. The molecule has 214 valence electrons. The summed E-state index contributed by atoms with van der Waals surface area (Å²) in [4.78, 5) is 42.8. The van der Waals surface area contributed by atoms with E-state index in [4.69, 9.17) is 0 Å². The molecule has 0 bridgehead atoms. The summed E-state index contributed by atoms with van der Waals surface area (Å²) in [7, 11) is 1.68. The number of imidazole rings is 1. The first kappa shape index (κ1) is 26.9. The van der Waals surface area contributed by atoms with Gasteiger partial charge in [-0.2, -0.15) is 5.10 Å². The van der Waals surface area contributed by atoms with Gasteiger partial charge in [-0.25, -0.2) is 28.1 Å². The molecular formula is C28H29F3N8O2. The molecule has 10 nitrogen and oxygen atoms in total. The van der Waals surface area contributed by atoms with Gasteiger partial charge in [0.25, 0.3) is 17.7 Å². The lowest BCUT2D eigenvalue weighted by atomic mass is 9.79. The van der Waals surface area contributed by atoms with Crippen LogP contribution in [0.2, 0.25) is 0 Å². The zero-order chi connectivity index (χ0) is 28.9. The van der Waals surface area contributed by atoms with E-state index in [1.54, 1.807) is 25.4 Å². The smallest absolute Gasteiger partial charge is 0.282 e. The van der Waals surface area contributed by atoms with Crippen molar-refractivity contribution < 1.29 is 22.8 Å². The third-order valence-corrected chi connectivity index (χ3v) is 8.11. The highest BCUT2D eigenvalue weighted by molar-refractivity contribution is 6.00. The summed E-state index contributed by atoms with van der Waals surface area (Å²) >= 11 is 0. The second kappa shape index (κ2) is 10.3. The summed E-state index contributed by atoms with van der Waals surface area (Å²) in [6.45, 7) is 0.772. The molecule has 2 N–H and O–H groups in total. The predicted octanol–water partition coefficient (Wildman–Crippen LogP) is 4.28. The fraction of sp³-hybridized carbons (Fsp3) is 0.429. The van der Waals surface area contributed by atoms with E-state index < -0.39 is 36.8 Å². The average molecular weight is 567 g/mol. The molecule has 1 atom stereocenters. The highest BCUT2D eigenvalue weighted by Crippen LogP contribution is 2.38. The first-order chi connectivity index (χ1) is 19.6. The van der Waals surface area contributed by atoms with Crippen LogP contribution in [-0.2, 0) is 7.05 Å². The van der Waals surface area contributed by atoms with Crippen LogP contribution in [0.25, 0.3) is 22.2 Å². The van der Waals surface area contributed by atoms with Crippen LogP contribution >= 0.6 is 0 Å². The Labute approximate surface area is 233 Å². The summed E-state index contributed by atoms with van der Waals surface area (Å²) in [6.07, 6.45) is 7.73. The van der Waals surface area contributed by atoms with Crippen LogP contribution in [0.5, 0.6) is 0 Å². The van der Waals surface area contributed by atoms with E-state index in [1.807, 2.05) is 0 Å². The zero-order valence-electron chi connectivity index (χ0n) is 22.6. The third-order valence-electron chi connectivity index (χ3n) is 8.11. The number of carbonyl (C=O) groups is 2. The Hall–Kier alpha value is -4.29. The van der Waals surface area contributed by atoms with Gasteiger partial charge in [0.1, 0.15) is 29.1 Å². The van der Waals surface area contributed by atoms with E-state index in [0.717, 1.165) is 36.9 Å². The van der Waals surface area contributed by atoms with Gasteiger partial charge in [0.2, 0.25) is 0 Å². The van der Waals surface area contributed by atoms with Crippen molar-refractivity contribution in [3.63, 3.8) is 0 Å². The molecule has 1 aliphatic heterocycles. The molecule has 2 amide bonds. The number of carbonyl (C=O) groups excluding carboxylic acids is 2. The monoisotopic (exact) mass is 566 g/mol. The summed E-state index contributed by atoms with van der Waals surface area (Å²) in [5.41, 5.74) is 0.774. The number of likely N-dealkylation sites (tertiary alicyclic amines) is 1. The molecule has 1 aliphatic carbocycles. The van der Waals surface area contributed by atoms with Gasteiger partial charge in [-0.3, -0.25) is 14.3 Å². The van der Waals surface area contributed by atoms with Gasteiger partial charge in [-0.1, -0.05) is 19.8 Å². The number of amides is 2. The van der Waals surface area contributed by atoms with Crippen molar-refractivity contribution in [3.8, 4) is 11.1 Å². The van der Waals surface area contributed by atoms with Crippen molar-refractivity contribution >= 4 is 22.8 Å². The van der Waals surface area contributed by atoms with Crippen LogP contribution in [0.15, 0.2) is 36.9 Å². The van der Waals surface area contributed by atoms with Gasteiger partial charge in [-0.15, -0.1) is 0 Å². The molecule has 0 radical (unpaired) electrons. The molecule has 3 aromatic heterocycles. The maximum Gasteiger partial charge on any atom is 0.282 e. The van der Waals surface area contributed by atoms with Gasteiger partial charge in [-0.05, 0) is 42.9 Å². The first-order valence-corrected chi connectivity index (χ1v) is 13.6. The summed E-state index contributed by atoms with van der Waals surface area (Å²) < 4.78 is 44.3. The predicted molar refractivity (Wildman–Crippen MR) is 142 cm³/mol. The standard InChI is InChI=1S/C28H29F3N8O2/c1-15-3-5-16(6-4-15)22(37-26(40)20-9-10-34-38(20)2)25-35-19-8-7-17(21(29)24(19)36-25)18-11-32-14-33-23(18)27(41)39-12-28(30,31)13-39/h7-11,14-16,22H,3-6,12-13H2,1-2H3,(H,35,36)(H,37,40)/t15-,16-,22-/m0/s1. The van der Waals surface area contributed by atoms with Crippen molar-refractivity contribution in [2.75, 3.05) is 13.1 Å². The lowest BCUT2D eigenvalue weighted by Gasteiger charge is -2.38. The third kappa shape index (κ3) is 5.04. The van der Waals surface area contributed by atoms with Gasteiger partial charge in [0.05, 0.1) is 24.6 Å². The molecule has 13 heteroatoms. The lowest BCUT2D eigenvalue weighted by molar-refractivity contribution is -0.113. The fourth-order valence-corrected chi connectivity index (χ4v) is 5.76. The van der Waals surface area contributed by atoms with E-state index in [2.05, 4.69) is 37.3 Å². The minimum atomic E-state index is -2.95. The Balaban J connectivity index is 1.35. The largest absolute Gasteiger partial charge is 0.340 e. The number of hydrogen-bond donors (Lipinski definition) is 2. The second-order valence-electron chi connectivity index (χ2n) is 11.1. The molecule has 1 saturated heterocycles. The molecule has 1 saturated carbocycles. The molecule has 41 heavy (non-hydrogen) atoms. The van der Waals surface area contributed by atoms with Crippen LogP contribution in [0.3, 0.4) is 0 Å². The Morgan fingerprint density at radius 1 is 1.12 bits per heavy atom. The number of fused-ring (bicyclic) bond motifs is 1. The Kier molecular flexibility index (Phi) is 6.74. The fourth-order valence-electron chi connectivity index (χ4n) is 5.76. The van der Waals surface area contributed by atoms with Crippen LogP contribution in [0, 0.1) is 17.7 Å². The van der Waals surface area contributed by atoms with Crippen molar-refractivity contribution in [2.45, 2.75) is 44.6 Å². The average Bonchev–Trinajstić information content (AvgIpc) is 3.57. The van der Waals surface area contributed by atoms with E-state index in [1.165, 1.54) is 16.9 Å². The van der Waals surface area contributed by atoms with E-state index in [9.17, 15) is 18.4 Å². The molecular weight excluding hydrogens is 537 g/mol. The Bertz CT molecular complexity index is 1620. The number of benzene rings is 1. The zero-order valence-corrected chi connectivity index (χ0v) is 22.6. The van der Waals surface area contributed by atoms with Crippen LogP contribution in [0.1, 0.15) is 65.5 Å². The molecule has 6 rings (SSSR count). The second-order valence-corrected chi connectivity index (χ2v) is 11.1. The number of aromatic amines is 1. The number of nitrogens with zero attached hydrogens (tertiary/aromatic N) is 6. The minimum absolute atomic E-state index is 0.0220. The minimum Gasteiger partial charge on any atom is -0.340 e. The normalized spacial score (nSPS) is 21.0. The number of aromatic nitrogens is 6. The van der Waals surface area contributed by atoms with Crippen LogP contribution < -0.4 is 5.32 Å². The quantitative estimate of drug-likeness (QED) is 0.359. The van der Waals surface area contributed by atoms with Gasteiger partial charge in [0.15, 0.2) is 5.82 Å². The molecule has 2 fully saturated rings. The molecule has 0 unspecified atom stereocenters. The summed E-state index contributed by atoms with van der Waals surface area (Å²) in [6, 6.07) is 4.24. The first-order valence-electron chi connectivity index (χ1n) is 13.6. The SMILES string of the molecule is Cn1nccc1C(=O)N[C@H](c1nc2c(F)c(-c3cncnc3C(=O)N3CC(F)(F)C3)ccc2[nH]1)[C@H]1CC[C@H](C)CC1. The van der Waals surface area contributed by atoms with Crippen LogP contribution in [0.4, 0.5) is 13.2 Å². The number of nitrogens with one attached hydrogen (secondary N) is 2. The van der Waals surface area contributed by atoms with Crippen molar-refractivity contribution in [2.24, 2.45) is 18.9 Å². The number of H-pyrrole nitrogens is 1. The Morgan fingerprint density at radius 2 is 1.88 bits per heavy atom. The van der Waals surface area contributed by atoms with Crippen LogP contribution in [-0.4, -0.2) is 65.4 Å². The van der Waals surface area contributed by atoms with Gasteiger partial charge in [0, 0.05) is 30.6 Å². The highest BCUT2D eigenvalue weighted by Gasteiger charge is 2.47.